The summed E-state index contributed by atoms with van der Waals surface area (Å²) in [5.74, 6) is 0. The van der Waals surface area contributed by atoms with Crippen molar-refractivity contribution in [2.24, 2.45) is 0 Å². The van der Waals surface area contributed by atoms with E-state index in [2.05, 4.69) is 15.5 Å². The standard InChI is InChI=1S/C7H10F3N3O2S/c1-6(15,3-14)2-11-5-13-12-4(16-5)7(8,9)10/h14-15H,2-3H2,1H3,(H,11,13). The van der Waals surface area contributed by atoms with Gasteiger partial charge < -0.3 is 15.5 Å². The van der Waals surface area contributed by atoms with Gasteiger partial charge in [-0.05, 0) is 6.92 Å². The molecule has 0 aliphatic rings. The average Bonchev–Trinajstić information content (AvgIpc) is 2.63. The van der Waals surface area contributed by atoms with Gasteiger partial charge in [-0.1, -0.05) is 11.3 Å². The molecule has 92 valence electrons. The first-order valence-electron chi connectivity index (χ1n) is 4.22. The lowest BCUT2D eigenvalue weighted by Crippen LogP contribution is -2.37. The van der Waals surface area contributed by atoms with Gasteiger partial charge in [0.2, 0.25) is 10.1 Å². The van der Waals surface area contributed by atoms with E-state index in [0.29, 0.717) is 11.3 Å². The average molecular weight is 257 g/mol. The van der Waals surface area contributed by atoms with Crippen LogP contribution in [0.15, 0.2) is 0 Å². The number of anilines is 1. The molecule has 0 aliphatic carbocycles. The van der Waals surface area contributed by atoms with E-state index in [1.165, 1.54) is 6.92 Å². The molecule has 3 N–H and O–H groups in total. The molecule has 1 unspecified atom stereocenters. The summed E-state index contributed by atoms with van der Waals surface area (Å²) in [6.07, 6.45) is -4.52. The molecule has 16 heavy (non-hydrogen) atoms. The van der Waals surface area contributed by atoms with Gasteiger partial charge in [-0.2, -0.15) is 13.2 Å². The number of nitrogens with one attached hydrogen (secondary N) is 1. The summed E-state index contributed by atoms with van der Waals surface area (Å²) in [5, 5.41) is 25.6. The molecule has 1 atom stereocenters. The molecule has 0 bridgehead atoms. The number of aliphatic hydroxyl groups is 2. The molecule has 1 aromatic rings. The van der Waals surface area contributed by atoms with Gasteiger partial charge in [0.1, 0.15) is 5.60 Å². The van der Waals surface area contributed by atoms with E-state index in [-0.39, 0.29) is 11.7 Å². The van der Waals surface area contributed by atoms with Crippen molar-refractivity contribution in [3.8, 4) is 0 Å². The first-order chi connectivity index (χ1) is 7.24. The summed E-state index contributed by atoms with van der Waals surface area (Å²) in [5.41, 5.74) is -1.41. The minimum absolute atomic E-state index is 0.0546. The van der Waals surface area contributed by atoms with Crippen LogP contribution in [0.25, 0.3) is 0 Å². The number of aromatic nitrogens is 2. The predicted octanol–water partition coefficient (Wildman–Crippen LogP) is 0.712. The summed E-state index contributed by atoms with van der Waals surface area (Å²) >= 11 is 0.340. The molecule has 0 saturated heterocycles. The Morgan fingerprint density at radius 3 is 2.44 bits per heavy atom. The molecule has 9 heteroatoms. The number of nitrogens with zero attached hydrogens (tertiary/aromatic N) is 2. The number of aliphatic hydroxyl groups excluding tert-OH is 1. The van der Waals surface area contributed by atoms with Gasteiger partial charge in [-0.3, -0.25) is 0 Å². The van der Waals surface area contributed by atoms with Crippen molar-refractivity contribution in [1.29, 1.82) is 0 Å². The quantitative estimate of drug-likeness (QED) is 0.740. The number of rotatable bonds is 4. The van der Waals surface area contributed by atoms with Gasteiger partial charge in [0, 0.05) is 6.54 Å². The lowest BCUT2D eigenvalue weighted by Gasteiger charge is -2.19. The van der Waals surface area contributed by atoms with E-state index in [0.717, 1.165) is 0 Å². The monoisotopic (exact) mass is 257 g/mol. The Balaban J connectivity index is 2.60. The van der Waals surface area contributed by atoms with Crippen LogP contribution >= 0.6 is 11.3 Å². The summed E-state index contributed by atoms with van der Waals surface area (Å²) in [6.45, 7) is 0.715. The van der Waals surface area contributed by atoms with Crippen molar-refractivity contribution >= 4 is 16.5 Å². The molecular weight excluding hydrogens is 247 g/mol. The maximum Gasteiger partial charge on any atom is 0.445 e. The fourth-order valence-corrected chi connectivity index (χ4v) is 1.34. The molecule has 0 fully saturated rings. The Kier molecular flexibility index (Phi) is 3.71. The van der Waals surface area contributed by atoms with Crippen LogP contribution in [0.3, 0.4) is 0 Å². The highest BCUT2D eigenvalue weighted by Crippen LogP contribution is 2.32. The fraction of sp³-hybridized carbons (Fsp3) is 0.714. The Labute approximate surface area is 92.9 Å². The van der Waals surface area contributed by atoms with Crippen molar-refractivity contribution in [3.05, 3.63) is 5.01 Å². The third-order valence-electron chi connectivity index (χ3n) is 1.63. The van der Waals surface area contributed by atoms with Crippen molar-refractivity contribution in [1.82, 2.24) is 10.2 Å². The second-order valence-electron chi connectivity index (χ2n) is 3.42. The SMILES string of the molecule is CC(O)(CO)CNc1nnc(C(F)(F)F)s1. The summed E-state index contributed by atoms with van der Waals surface area (Å²) in [4.78, 5) is 0. The lowest BCUT2D eigenvalue weighted by atomic mass is 10.1. The first kappa shape index (κ1) is 13.1. The van der Waals surface area contributed by atoms with Gasteiger partial charge in [-0.15, -0.1) is 10.2 Å². The Hall–Kier alpha value is -0.930. The molecule has 0 aromatic carbocycles. The van der Waals surface area contributed by atoms with Crippen LogP contribution in [-0.4, -0.2) is 39.2 Å². The number of alkyl halides is 3. The largest absolute Gasteiger partial charge is 0.445 e. The Bertz CT molecular complexity index is 353. The van der Waals surface area contributed by atoms with Crippen LogP contribution in [0.5, 0.6) is 0 Å². The minimum Gasteiger partial charge on any atom is -0.393 e. The van der Waals surface area contributed by atoms with Crippen LogP contribution in [0, 0.1) is 0 Å². The highest BCUT2D eigenvalue weighted by atomic mass is 32.1. The van der Waals surface area contributed by atoms with Crippen molar-refractivity contribution in [3.63, 3.8) is 0 Å². The van der Waals surface area contributed by atoms with Gasteiger partial charge in [0.15, 0.2) is 0 Å². The normalized spacial score (nSPS) is 15.9. The number of hydrogen-bond acceptors (Lipinski definition) is 6. The zero-order valence-corrected chi connectivity index (χ0v) is 9.06. The maximum absolute atomic E-state index is 12.1. The Morgan fingerprint density at radius 1 is 1.38 bits per heavy atom. The number of hydrogen-bond donors (Lipinski definition) is 3. The van der Waals surface area contributed by atoms with Crippen LogP contribution in [-0.2, 0) is 6.18 Å². The van der Waals surface area contributed by atoms with E-state index in [9.17, 15) is 18.3 Å². The van der Waals surface area contributed by atoms with Crippen LogP contribution < -0.4 is 5.32 Å². The van der Waals surface area contributed by atoms with Gasteiger partial charge in [-0.25, -0.2) is 0 Å². The molecule has 0 aliphatic heterocycles. The molecular formula is C7H10F3N3O2S. The third kappa shape index (κ3) is 3.58. The second-order valence-corrected chi connectivity index (χ2v) is 4.40. The van der Waals surface area contributed by atoms with Crippen LogP contribution in [0.4, 0.5) is 18.3 Å². The van der Waals surface area contributed by atoms with Gasteiger partial charge in [0.25, 0.3) is 0 Å². The Morgan fingerprint density at radius 2 is 2.00 bits per heavy atom. The van der Waals surface area contributed by atoms with E-state index >= 15 is 0 Å². The van der Waals surface area contributed by atoms with Gasteiger partial charge in [0.05, 0.1) is 6.61 Å². The lowest BCUT2D eigenvalue weighted by molar-refractivity contribution is -0.138. The zero-order valence-electron chi connectivity index (χ0n) is 8.25. The number of halogens is 3. The molecule has 5 nitrogen and oxygen atoms in total. The molecule has 0 amide bonds. The highest BCUT2D eigenvalue weighted by molar-refractivity contribution is 7.15. The smallest absolute Gasteiger partial charge is 0.393 e. The molecule has 0 saturated carbocycles. The van der Waals surface area contributed by atoms with E-state index in [1.54, 1.807) is 0 Å². The minimum atomic E-state index is -4.52. The summed E-state index contributed by atoms with van der Waals surface area (Å²) in [6, 6.07) is 0. The third-order valence-corrected chi connectivity index (χ3v) is 2.55. The van der Waals surface area contributed by atoms with E-state index < -0.39 is 23.4 Å². The topological polar surface area (TPSA) is 78.3 Å². The van der Waals surface area contributed by atoms with Crippen LogP contribution in [0.2, 0.25) is 0 Å². The molecule has 1 rings (SSSR count). The van der Waals surface area contributed by atoms with Crippen LogP contribution in [0.1, 0.15) is 11.9 Å². The molecule has 0 spiro atoms. The summed E-state index contributed by atoms with van der Waals surface area (Å²) < 4.78 is 36.4. The highest BCUT2D eigenvalue weighted by Gasteiger charge is 2.35. The van der Waals surface area contributed by atoms with Crippen molar-refractivity contribution in [2.45, 2.75) is 18.7 Å². The predicted molar refractivity (Wildman–Crippen MR) is 51.1 cm³/mol. The van der Waals surface area contributed by atoms with Crippen molar-refractivity contribution < 1.29 is 23.4 Å². The van der Waals surface area contributed by atoms with E-state index in [1.807, 2.05) is 0 Å². The zero-order chi connectivity index (χ0) is 12.4. The summed E-state index contributed by atoms with van der Waals surface area (Å²) in [7, 11) is 0. The fourth-order valence-electron chi connectivity index (χ4n) is 0.731. The maximum atomic E-state index is 12.1. The van der Waals surface area contributed by atoms with E-state index in [4.69, 9.17) is 5.11 Å². The second kappa shape index (κ2) is 4.52. The first-order valence-corrected chi connectivity index (χ1v) is 5.04. The molecule has 1 heterocycles. The van der Waals surface area contributed by atoms with Crippen molar-refractivity contribution in [2.75, 3.05) is 18.5 Å². The molecule has 0 radical (unpaired) electrons. The molecule has 1 aromatic heterocycles. The van der Waals surface area contributed by atoms with Gasteiger partial charge >= 0.3 is 6.18 Å².